The van der Waals surface area contributed by atoms with E-state index >= 15 is 0 Å². The molecule has 2 aromatic carbocycles. The van der Waals surface area contributed by atoms with Crippen LogP contribution in [-0.4, -0.2) is 24.5 Å². The van der Waals surface area contributed by atoms with Crippen LogP contribution < -0.4 is 20.5 Å². The van der Waals surface area contributed by atoms with Gasteiger partial charge in [0.25, 0.3) is 0 Å². The molecule has 0 aliphatic rings. The predicted molar refractivity (Wildman–Crippen MR) is 104 cm³/mol. The molecule has 0 saturated heterocycles. The van der Waals surface area contributed by atoms with E-state index in [-0.39, 0.29) is 27.3 Å². The van der Waals surface area contributed by atoms with Gasteiger partial charge in [-0.2, -0.15) is 8.78 Å². The quantitative estimate of drug-likeness (QED) is 0.520. The number of carbonyl (C=O) groups excluding carboxylic acids is 1. The van der Waals surface area contributed by atoms with Crippen LogP contribution in [0, 0.1) is 0 Å². The van der Waals surface area contributed by atoms with Gasteiger partial charge in [-0.3, -0.25) is 4.79 Å². The van der Waals surface area contributed by atoms with Crippen molar-refractivity contribution in [1.29, 1.82) is 0 Å². The second kappa shape index (κ2) is 8.41. The monoisotopic (exact) mass is 425 g/mol. The maximum atomic E-state index is 12.6. The lowest BCUT2D eigenvalue weighted by atomic mass is 10.1. The minimum absolute atomic E-state index is 0.00404. The van der Waals surface area contributed by atoms with Gasteiger partial charge in [-0.1, -0.05) is 22.9 Å². The molecule has 3 aromatic rings. The molecule has 0 amide bonds. The van der Waals surface area contributed by atoms with E-state index < -0.39 is 6.61 Å². The molecule has 0 saturated carbocycles. The van der Waals surface area contributed by atoms with Crippen molar-refractivity contribution in [3.05, 3.63) is 57.9 Å². The first-order valence-electron chi connectivity index (χ1n) is 7.84. The normalized spacial score (nSPS) is 10.8. The van der Waals surface area contributed by atoms with Crippen molar-refractivity contribution in [3.8, 4) is 11.5 Å². The smallest absolute Gasteiger partial charge is 0.387 e. The SMILES string of the molecule is COc1ccc(C(=O)c2sc(Nc3ccc(OC(F)F)c(Cl)c3)nc2N)cc1. The third-order valence-corrected chi connectivity index (χ3v) is 4.89. The van der Waals surface area contributed by atoms with E-state index in [1.807, 2.05) is 0 Å². The molecule has 0 aliphatic heterocycles. The highest BCUT2D eigenvalue weighted by atomic mass is 35.5. The number of benzene rings is 2. The summed E-state index contributed by atoms with van der Waals surface area (Å²) < 4.78 is 34.0. The second-order valence-corrected chi connectivity index (χ2v) is 6.85. The lowest BCUT2D eigenvalue weighted by Crippen LogP contribution is -2.02. The van der Waals surface area contributed by atoms with Crippen molar-refractivity contribution in [2.24, 2.45) is 0 Å². The van der Waals surface area contributed by atoms with Crippen molar-refractivity contribution < 1.29 is 23.0 Å². The molecular formula is C18H14ClF2N3O3S. The number of halogens is 3. The Morgan fingerprint density at radius 2 is 1.96 bits per heavy atom. The summed E-state index contributed by atoms with van der Waals surface area (Å²) in [5.41, 5.74) is 6.80. The van der Waals surface area contributed by atoms with Gasteiger partial charge in [-0.05, 0) is 42.5 Å². The summed E-state index contributed by atoms with van der Waals surface area (Å²) in [5.74, 6) is 0.296. The molecule has 0 aliphatic carbocycles. The first-order valence-corrected chi connectivity index (χ1v) is 9.03. The molecule has 3 rings (SSSR count). The Kier molecular flexibility index (Phi) is 5.96. The van der Waals surface area contributed by atoms with Gasteiger partial charge in [0.2, 0.25) is 5.78 Å². The number of ketones is 1. The van der Waals surface area contributed by atoms with Crippen LogP contribution in [0.4, 0.5) is 25.4 Å². The van der Waals surface area contributed by atoms with Crippen LogP contribution in [0.3, 0.4) is 0 Å². The zero-order valence-electron chi connectivity index (χ0n) is 14.4. The Morgan fingerprint density at radius 3 is 2.57 bits per heavy atom. The topological polar surface area (TPSA) is 86.5 Å². The second-order valence-electron chi connectivity index (χ2n) is 5.44. The minimum atomic E-state index is -2.97. The van der Waals surface area contributed by atoms with Gasteiger partial charge >= 0.3 is 6.61 Å². The van der Waals surface area contributed by atoms with Crippen molar-refractivity contribution in [3.63, 3.8) is 0 Å². The molecular weight excluding hydrogens is 412 g/mol. The fraction of sp³-hybridized carbons (Fsp3) is 0.111. The van der Waals surface area contributed by atoms with Gasteiger partial charge in [0.15, 0.2) is 5.13 Å². The Hall–Kier alpha value is -2.91. The maximum Gasteiger partial charge on any atom is 0.387 e. The summed E-state index contributed by atoms with van der Waals surface area (Å²) in [7, 11) is 1.54. The summed E-state index contributed by atoms with van der Waals surface area (Å²) in [6.45, 7) is -2.97. The number of alkyl halides is 2. The van der Waals surface area contributed by atoms with Gasteiger partial charge in [0.1, 0.15) is 22.2 Å². The number of hydrogen-bond acceptors (Lipinski definition) is 7. The van der Waals surface area contributed by atoms with Gasteiger partial charge in [-0.15, -0.1) is 0 Å². The van der Waals surface area contributed by atoms with E-state index in [4.69, 9.17) is 22.1 Å². The predicted octanol–water partition coefficient (Wildman–Crippen LogP) is 4.96. The van der Waals surface area contributed by atoms with E-state index in [0.29, 0.717) is 22.1 Å². The molecule has 0 unspecified atom stereocenters. The van der Waals surface area contributed by atoms with Crippen molar-refractivity contribution in [1.82, 2.24) is 4.98 Å². The van der Waals surface area contributed by atoms with Crippen LogP contribution in [-0.2, 0) is 0 Å². The fourth-order valence-electron chi connectivity index (χ4n) is 2.32. The number of nitrogen functional groups attached to an aromatic ring is 1. The number of carbonyl (C=O) groups is 1. The van der Waals surface area contributed by atoms with E-state index in [1.165, 1.54) is 25.3 Å². The summed E-state index contributed by atoms with van der Waals surface area (Å²) in [4.78, 5) is 17.1. The van der Waals surface area contributed by atoms with E-state index in [1.54, 1.807) is 24.3 Å². The highest BCUT2D eigenvalue weighted by molar-refractivity contribution is 7.18. The Bertz CT molecular complexity index is 996. The Morgan fingerprint density at radius 1 is 1.25 bits per heavy atom. The van der Waals surface area contributed by atoms with Crippen molar-refractivity contribution in [2.45, 2.75) is 6.61 Å². The summed E-state index contributed by atoms with van der Waals surface area (Å²) in [6, 6.07) is 10.8. The van der Waals surface area contributed by atoms with Crippen LogP contribution in [0.5, 0.6) is 11.5 Å². The number of methoxy groups -OCH3 is 1. The number of nitrogens with two attached hydrogens (primary N) is 1. The number of nitrogens with zero attached hydrogens (tertiary/aromatic N) is 1. The van der Waals surface area contributed by atoms with Crippen molar-refractivity contribution >= 4 is 45.4 Å². The summed E-state index contributed by atoms with van der Waals surface area (Å²) in [5, 5.41) is 3.30. The average Bonchev–Trinajstić information content (AvgIpc) is 3.03. The summed E-state index contributed by atoms with van der Waals surface area (Å²) >= 11 is 6.99. The molecule has 3 N–H and O–H groups in total. The standard InChI is InChI=1S/C18H14ClF2N3O3S/c1-26-11-5-2-9(3-6-11)14(25)15-16(22)24-18(28-15)23-10-4-7-13(12(19)8-10)27-17(20)21/h2-8,17H,22H2,1H3,(H,23,24). The number of ether oxygens (including phenoxy) is 2. The number of anilines is 3. The van der Waals surface area contributed by atoms with Gasteiger partial charge in [0, 0.05) is 11.3 Å². The molecule has 146 valence electrons. The molecule has 0 fully saturated rings. The number of thiazole rings is 1. The number of aromatic nitrogens is 1. The van der Waals surface area contributed by atoms with Crippen LogP contribution >= 0.6 is 22.9 Å². The highest BCUT2D eigenvalue weighted by Gasteiger charge is 2.18. The lowest BCUT2D eigenvalue weighted by molar-refractivity contribution is -0.0497. The molecule has 1 heterocycles. The molecule has 6 nitrogen and oxygen atoms in total. The molecule has 0 atom stereocenters. The largest absolute Gasteiger partial charge is 0.497 e. The molecule has 1 aromatic heterocycles. The highest BCUT2D eigenvalue weighted by Crippen LogP contribution is 2.33. The zero-order valence-corrected chi connectivity index (χ0v) is 16.0. The lowest BCUT2D eigenvalue weighted by Gasteiger charge is -2.08. The first kappa shape index (κ1) is 19.8. The van der Waals surface area contributed by atoms with Crippen LogP contribution in [0.1, 0.15) is 15.2 Å². The van der Waals surface area contributed by atoms with E-state index in [9.17, 15) is 13.6 Å². The third-order valence-electron chi connectivity index (χ3n) is 3.61. The molecule has 0 bridgehead atoms. The average molecular weight is 426 g/mol. The molecule has 0 radical (unpaired) electrons. The number of nitrogens with one attached hydrogen (secondary N) is 1. The third kappa shape index (κ3) is 4.49. The van der Waals surface area contributed by atoms with Gasteiger partial charge in [0.05, 0.1) is 12.1 Å². The zero-order chi connectivity index (χ0) is 20.3. The van der Waals surface area contributed by atoms with E-state index in [0.717, 1.165) is 11.3 Å². The van der Waals surface area contributed by atoms with Crippen LogP contribution in [0.25, 0.3) is 0 Å². The maximum absolute atomic E-state index is 12.6. The fourth-order valence-corrected chi connectivity index (χ4v) is 3.41. The van der Waals surface area contributed by atoms with Crippen LogP contribution in [0.2, 0.25) is 5.02 Å². The molecule has 28 heavy (non-hydrogen) atoms. The minimum Gasteiger partial charge on any atom is -0.497 e. The number of rotatable bonds is 7. The molecule has 10 heteroatoms. The van der Waals surface area contributed by atoms with Crippen LogP contribution in [0.15, 0.2) is 42.5 Å². The van der Waals surface area contributed by atoms with Crippen molar-refractivity contribution in [2.75, 3.05) is 18.2 Å². The number of hydrogen-bond donors (Lipinski definition) is 2. The summed E-state index contributed by atoms with van der Waals surface area (Å²) in [6.07, 6.45) is 0. The first-order chi connectivity index (χ1) is 13.4. The Labute approximate surface area is 167 Å². The van der Waals surface area contributed by atoms with Gasteiger partial charge < -0.3 is 20.5 Å². The van der Waals surface area contributed by atoms with E-state index in [2.05, 4.69) is 15.0 Å². The van der Waals surface area contributed by atoms with Gasteiger partial charge in [-0.25, -0.2) is 4.98 Å². The molecule has 0 spiro atoms. The Balaban J connectivity index is 1.78.